The van der Waals surface area contributed by atoms with Gasteiger partial charge in [-0.1, -0.05) is 0 Å². The predicted molar refractivity (Wildman–Crippen MR) is 85.0 cm³/mol. The molecule has 8 nitrogen and oxygen atoms in total. The number of pyridine rings is 1. The Balaban J connectivity index is 1.70. The maximum Gasteiger partial charge on any atom is 0.404 e. The Morgan fingerprint density at radius 3 is 2.92 bits per heavy atom. The number of carbonyl (C=O) groups is 1. The molecule has 1 atom stereocenters. The summed E-state index contributed by atoms with van der Waals surface area (Å²) in [4.78, 5) is 19.0. The smallest absolute Gasteiger partial charge is 0.404 e. The quantitative estimate of drug-likeness (QED) is 0.658. The number of rotatable bonds is 5. The fraction of sp³-hybridized carbons (Fsp3) is 0.188. The number of carboxylic acid groups (broad SMARTS) is 1. The average Bonchev–Trinajstić information content (AvgIpc) is 2.96. The first kappa shape index (κ1) is 15.6. The largest absolute Gasteiger partial charge is 0.508 e. The van der Waals surface area contributed by atoms with Gasteiger partial charge in [-0.15, -0.1) is 0 Å². The molecule has 3 N–H and O–H groups in total. The molecule has 0 bridgehead atoms. The van der Waals surface area contributed by atoms with Crippen LogP contribution < -0.4 is 10.1 Å². The highest BCUT2D eigenvalue weighted by Crippen LogP contribution is 2.26. The van der Waals surface area contributed by atoms with Gasteiger partial charge in [-0.3, -0.25) is 0 Å². The Kier molecular flexibility index (Phi) is 4.19. The molecule has 1 amide bonds. The number of phenols is 1. The summed E-state index contributed by atoms with van der Waals surface area (Å²) in [5, 5.41) is 20.4. The maximum absolute atomic E-state index is 10.5. The van der Waals surface area contributed by atoms with E-state index in [0.717, 1.165) is 0 Å². The molecule has 3 aromatic rings. The molecule has 0 aliphatic rings. The van der Waals surface area contributed by atoms with Gasteiger partial charge in [0.25, 0.3) is 0 Å². The average molecular weight is 329 g/mol. The number of phenolic OH excluding ortho intramolecular Hbond substituents is 1. The molecule has 0 radical (unpaired) electrons. The SMILES string of the molecule is C[C@@H](COc1ccc(-c2nc3cc(O)ccc3o2)nc1)NC(=O)O. The van der Waals surface area contributed by atoms with Crippen molar-refractivity contribution >= 4 is 17.2 Å². The van der Waals surface area contributed by atoms with Crippen molar-refractivity contribution in [2.75, 3.05) is 6.61 Å². The third kappa shape index (κ3) is 3.54. The summed E-state index contributed by atoms with van der Waals surface area (Å²) in [6.07, 6.45) is 0.413. The van der Waals surface area contributed by atoms with E-state index in [1.165, 1.54) is 18.3 Å². The normalized spacial score (nSPS) is 12.0. The van der Waals surface area contributed by atoms with Crippen LogP contribution in [0.1, 0.15) is 6.92 Å². The molecule has 2 aromatic heterocycles. The topological polar surface area (TPSA) is 118 Å². The van der Waals surface area contributed by atoms with Crippen LogP contribution in [0.4, 0.5) is 4.79 Å². The lowest BCUT2D eigenvalue weighted by atomic mass is 10.3. The van der Waals surface area contributed by atoms with Crippen LogP contribution in [0.15, 0.2) is 40.9 Å². The number of hydrogen-bond acceptors (Lipinski definition) is 6. The van der Waals surface area contributed by atoms with Crippen LogP contribution in [0.5, 0.6) is 11.5 Å². The van der Waals surface area contributed by atoms with E-state index in [4.69, 9.17) is 14.3 Å². The molecule has 0 aliphatic heterocycles. The lowest BCUT2D eigenvalue weighted by molar-refractivity contribution is 0.183. The van der Waals surface area contributed by atoms with E-state index in [9.17, 15) is 9.90 Å². The van der Waals surface area contributed by atoms with Crippen molar-refractivity contribution in [3.8, 4) is 23.1 Å². The highest BCUT2D eigenvalue weighted by Gasteiger charge is 2.11. The Labute approximate surface area is 136 Å². The van der Waals surface area contributed by atoms with Gasteiger partial charge in [-0.05, 0) is 31.2 Å². The number of fused-ring (bicyclic) bond motifs is 1. The fourth-order valence-corrected chi connectivity index (χ4v) is 2.09. The number of ether oxygens (including phenoxy) is 1. The molecule has 0 fully saturated rings. The van der Waals surface area contributed by atoms with Gasteiger partial charge in [-0.2, -0.15) is 0 Å². The van der Waals surface area contributed by atoms with Crippen LogP contribution in [0.2, 0.25) is 0 Å². The number of amides is 1. The van der Waals surface area contributed by atoms with Crippen molar-refractivity contribution in [3.05, 3.63) is 36.5 Å². The molecule has 0 unspecified atom stereocenters. The van der Waals surface area contributed by atoms with Gasteiger partial charge >= 0.3 is 6.09 Å². The van der Waals surface area contributed by atoms with Gasteiger partial charge < -0.3 is 24.7 Å². The van der Waals surface area contributed by atoms with E-state index in [0.29, 0.717) is 28.4 Å². The van der Waals surface area contributed by atoms with E-state index >= 15 is 0 Å². The molecule has 124 valence electrons. The van der Waals surface area contributed by atoms with Crippen LogP contribution in [-0.2, 0) is 0 Å². The van der Waals surface area contributed by atoms with Crippen LogP contribution in [0, 0.1) is 0 Å². The number of nitrogens with one attached hydrogen (secondary N) is 1. The second-order valence-corrected chi connectivity index (χ2v) is 5.21. The number of aromatic nitrogens is 2. The molecule has 24 heavy (non-hydrogen) atoms. The molecular weight excluding hydrogens is 314 g/mol. The summed E-state index contributed by atoms with van der Waals surface area (Å²) in [5.41, 5.74) is 1.62. The van der Waals surface area contributed by atoms with Gasteiger partial charge in [0.2, 0.25) is 5.89 Å². The second kappa shape index (κ2) is 6.45. The summed E-state index contributed by atoms with van der Waals surface area (Å²) in [7, 11) is 0. The molecule has 0 saturated carbocycles. The third-order valence-corrected chi connectivity index (χ3v) is 3.20. The molecule has 0 aliphatic carbocycles. The van der Waals surface area contributed by atoms with E-state index in [1.54, 1.807) is 25.1 Å². The number of hydrogen-bond donors (Lipinski definition) is 3. The fourth-order valence-electron chi connectivity index (χ4n) is 2.09. The molecule has 3 rings (SSSR count). The summed E-state index contributed by atoms with van der Waals surface area (Å²) in [6, 6.07) is 7.71. The number of oxazole rings is 1. The van der Waals surface area contributed by atoms with Crippen LogP contribution >= 0.6 is 0 Å². The first-order valence-electron chi connectivity index (χ1n) is 7.19. The summed E-state index contributed by atoms with van der Waals surface area (Å²) in [6.45, 7) is 1.89. The first-order chi connectivity index (χ1) is 11.5. The summed E-state index contributed by atoms with van der Waals surface area (Å²) >= 11 is 0. The lowest BCUT2D eigenvalue weighted by Gasteiger charge is -2.12. The van der Waals surface area contributed by atoms with Crippen molar-refractivity contribution in [2.45, 2.75) is 13.0 Å². The Hall–Kier alpha value is -3.29. The van der Waals surface area contributed by atoms with Crippen molar-refractivity contribution in [1.29, 1.82) is 0 Å². The van der Waals surface area contributed by atoms with Gasteiger partial charge in [-0.25, -0.2) is 14.8 Å². The van der Waals surface area contributed by atoms with E-state index in [1.807, 2.05) is 0 Å². The van der Waals surface area contributed by atoms with Gasteiger partial charge in [0, 0.05) is 6.07 Å². The van der Waals surface area contributed by atoms with Crippen LogP contribution in [-0.4, -0.2) is 38.9 Å². The molecule has 1 aromatic carbocycles. The first-order valence-corrected chi connectivity index (χ1v) is 7.19. The molecular formula is C16H15N3O5. The van der Waals surface area contributed by atoms with Crippen LogP contribution in [0.3, 0.4) is 0 Å². The zero-order chi connectivity index (χ0) is 17.1. The van der Waals surface area contributed by atoms with Gasteiger partial charge in [0.05, 0.1) is 12.2 Å². The predicted octanol–water partition coefficient (Wildman–Crippen LogP) is 2.63. The van der Waals surface area contributed by atoms with E-state index in [2.05, 4.69) is 15.3 Å². The second-order valence-electron chi connectivity index (χ2n) is 5.21. The molecule has 2 heterocycles. The zero-order valence-electron chi connectivity index (χ0n) is 12.8. The monoisotopic (exact) mass is 329 g/mol. The molecule has 0 saturated heterocycles. The van der Waals surface area contributed by atoms with Crippen molar-refractivity contribution in [3.63, 3.8) is 0 Å². The van der Waals surface area contributed by atoms with Crippen molar-refractivity contribution in [2.24, 2.45) is 0 Å². The van der Waals surface area contributed by atoms with E-state index < -0.39 is 6.09 Å². The van der Waals surface area contributed by atoms with Crippen LogP contribution in [0.25, 0.3) is 22.7 Å². The Bertz CT molecular complexity index is 860. The summed E-state index contributed by atoms with van der Waals surface area (Å²) in [5.74, 6) is 0.956. The Morgan fingerprint density at radius 2 is 2.21 bits per heavy atom. The minimum atomic E-state index is -1.10. The van der Waals surface area contributed by atoms with Crippen molar-refractivity contribution in [1.82, 2.24) is 15.3 Å². The molecule has 8 heteroatoms. The highest BCUT2D eigenvalue weighted by atomic mass is 16.5. The summed E-state index contributed by atoms with van der Waals surface area (Å²) < 4.78 is 11.1. The third-order valence-electron chi connectivity index (χ3n) is 3.20. The van der Waals surface area contributed by atoms with Gasteiger partial charge in [0.1, 0.15) is 29.3 Å². The minimum Gasteiger partial charge on any atom is -0.508 e. The number of nitrogens with zero attached hydrogens (tertiary/aromatic N) is 2. The van der Waals surface area contributed by atoms with Gasteiger partial charge in [0.15, 0.2) is 5.58 Å². The molecule has 0 spiro atoms. The standard InChI is InChI=1S/C16H15N3O5/c1-9(18-16(21)22)8-23-11-3-4-12(17-7-11)15-19-13-6-10(20)2-5-14(13)24-15/h2-7,9,18,20H,8H2,1H3,(H,21,22)/t9-/m0/s1. The minimum absolute atomic E-state index is 0.114. The Morgan fingerprint density at radius 1 is 1.38 bits per heavy atom. The van der Waals surface area contributed by atoms with E-state index in [-0.39, 0.29) is 18.4 Å². The number of benzene rings is 1. The number of aromatic hydroxyl groups is 1. The van der Waals surface area contributed by atoms with Crippen molar-refractivity contribution < 1.29 is 24.2 Å². The maximum atomic E-state index is 10.5. The highest BCUT2D eigenvalue weighted by molar-refractivity contribution is 5.77. The lowest BCUT2D eigenvalue weighted by Crippen LogP contribution is -2.35. The zero-order valence-corrected chi connectivity index (χ0v) is 12.8.